The molecular formula is C24H25F3N8O2. The Balaban J connectivity index is 1.45. The van der Waals surface area contributed by atoms with Gasteiger partial charge in [-0.05, 0) is 37.3 Å². The van der Waals surface area contributed by atoms with Crippen molar-refractivity contribution in [3.63, 3.8) is 0 Å². The number of aromatic amines is 1. The summed E-state index contributed by atoms with van der Waals surface area (Å²) in [6, 6.07) is 7.06. The number of hydrogen-bond donors (Lipinski definition) is 3. The zero-order valence-corrected chi connectivity index (χ0v) is 20.0. The molecule has 0 unspecified atom stereocenters. The lowest BCUT2D eigenvalue weighted by Gasteiger charge is -2.26. The summed E-state index contributed by atoms with van der Waals surface area (Å²) in [4.78, 5) is 19.1. The van der Waals surface area contributed by atoms with Crippen molar-refractivity contribution < 1.29 is 22.7 Å². The van der Waals surface area contributed by atoms with Gasteiger partial charge >= 0.3 is 5.92 Å². The highest BCUT2D eigenvalue weighted by Gasteiger charge is 2.39. The number of aryl methyl sites for hydroxylation is 1. The molecule has 10 nitrogen and oxygen atoms in total. The summed E-state index contributed by atoms with van der Waals surface area (Å²) in [6.45, 7) is 5.80. The quantitative estimate of drug-likeness (QED) is 0.332. The summed E-state index contributed by atoms with van der Waals surface area (Å²) >= 11 is 0. The number of amides is 1. The van der Waals surface area contributed by atoms with E-state index in [1.807, 2.05) is 0 Å². The minimum Gasteiger partial charge on any atom is -0.379 e. The summed E-state index contributed by atoms with van der Waals surface area (Å²) in [7, 11) is 0. The maximum atomic E-state index is 15.4. The van der Waals surface area contributed by atoms with Gasteiger partial charge in [-0.1, -0.05) is 0 Å². The van der Waals surface area contributed by atoms with E-state index in [9.17, 15) is 9.18 Å². The molecular weight excluding hydrogens is 489 g/mol. The number of rotatable bonds is 8. The first kappa shape index (κ1) is 24.7. The highest BCUT2D eigenvalue weighted by atomic mass is 19.3. The van der Waals surface area contributed by atoms with Crippen LogP contribution < -0.4 is 10.6 Å². The maximum Gasteiger partial charge on any atom is 0.333 e. The number of carbonyl (C=O) groups is 1. The Morgan fingerprint density at radius 2 is 1.95 bits per heavy atom. The number of benzene rings is 1. The Morgan fingerprint density at radius 3 is 2.65 bits per heavy atom. The third-order valence-corrected chi connectivity index (χ3v) is 5.98. The normalized spacial score (nSPS) is 14.7. The van der Waals surface area contributed by atoms with Crippen LogP contribution in [-0.2, 0) is 10.7 Å². The molecule has 1 amide bonds. The number of anilines is 2. The number of fused-ring (bicyclic) bond motifs is 1. The van der Waals surface area contributed by atoms with E-state index in [-0.39, 0.29) is 17.3 Å². The molecule has 1 fully saturated rings. The van der Waals surface area contributed by atoms with Gasteiger partial charge in [-0.25, -0.2) is 13.9 Å². The Hall–Kier alpha value is -3.97. The monoisotopic (exact) mass is 514 g/mol. The van der Waals surface area contributed by atoms with E-state index in [1.165, 1.54) is 16.8 Å². The largest absolute Gasteiger partial charge is 0.379 e. The summed E-state index contributed by atoms with van der Waals surface area (Å²) < 4.78 is 50.6. The van der Waals surface area contributed by atoms with Gasteiger partial charge in [0.25, 0.3) is 5.91 Å². The van der Waals surface area contributed by atoms with Crippen LogP contribution in [0.25, 0.3) is 5.52 Å². The number of H-pyrrole nitrogens is 1. The second kappa shape index (κ2) is 10.2. The number of aromatic nitrogens is 5. The molecule has 1 aliphatic heterocycles. The van der Waals surface area contributed by atoms with Crippen LogP contribution in [0, 0.1) is 12.7 Å². The van der Waals surface area contributed by atoms with Gasteiger partial charge < -0.3 is 15.4 Å². The zero-order valence-electron chi connectivity index (χ0n) is 20.0. The van der Waals surface area contributed by atoms with Gasteiger partial charge in [0.2, 0.25) is 5.82 Å². The smallest absolute Gasteiger partial charge is 0.333 e. The van der Waals surface area contributed by atoms with E-state index >= 15 is 8.78 Å². The maximum absolute atomic E-state index is 15.4. The van der Waals surface area contributed by atoms with Crippen molar-refractivity contribution in [2.75, 3.05) is 44.7 Å². The first-order valence-corrected chi connectivity index (χ1v) is 11.7. The van der Waals surface area contributed by atoms with E-state index in [1.54, 1.807) is 13.0 Å². The fourth-order valence-electron chi connectivity index (χ4n) is 3.99. The second-order valence-electron chi connectivity index (χ2n) is 8.70. The van der Waals surface area contributed by atoms with Crippen molar-refractivity contribution in [2.24, 2.45) is 0 Å². The molecule has 4 heterocycles. The molecule has 0 aliphatic carbocycles. The van der Waals surface area contributed by atoms with E-state index in [4.69, 9.17) is 4.74 Å². The molecule has 0 saturated carbocycles. The van der Waals surface area contributed by atoms with E-state index in [2.05, 4.69) is 35.8 Å². The summed E-state index contributed by atoms with van der Waals surface area (Å²) in [5, 5.41) is 16.6. The number of morpholine rings is 1. The number of nitrogens with one attached hydrogen (secondary N) is 3. The van der Waals surface area contributed by atoms with Gasteiger partial charge in [0.15, 0.2) is 11.6 Å². The fraction of sp³-hybridized carbons (Fsp3) is 0.333. The van der Waals surface area contributed by atoms with Crippen LogP contribution in [0.1, 0.15) is 27.4 Å². The van der Waals surface area contributed by atoms with Gasteiger partial charge in [-0.2, -0.15) is 13.9 Å². The van der Waals surface area contributed by atoms with E-state index < -0.39 is 23.1 Å². The molecule has 0 spiro atoms. The summed E-state index contributed by atoms with van der Waals surface area (Å²) in [6.07, 6.45) is 1.37. The third-order valence-electron chi connectivity index (χ3n) is 5.98. The molecule has 5 rings (SSSR count). The van der Waals surface area contributed by atoms with Crippen molar-refractivity contribution in [1.82, 2.24) is 35.0 Å². The fourth-order valence-corrected chi connectivity index (χ4v) is 3.99. The molecule has 1 aliphatic rings. The predicted molar refractivity (Wildman–Crippen MR) is 129 cm³/mol. The Kier molecular flexibility index (Phi) is 6.80. The number of nitrogens with zero attached hydrogens (tertiary/aromatic N) is 5. The molecule has 3 aromatic heterocycles. The van der Waals surface area contributed by atoms with E-state index in [0.29, 0.717) is 37.6 Å². The third kappa shape index (κ3) is 5.42. The Bertz CT molecular complexity index is 1400. The second-order valence-corrected chi connectivity index (χ2v) is 8.70. The minimum atomic E-state index is -3.63. The molecule has 3 N–H and O–H groups in total. The topological polar surface area (TPSA) is 112 Å². The molecule has 0 bridgehead atoms. The van der Waals surface area contributed by atoms with Gasteiger partial charge in [-0.15, -0.1) is 5.10 Å². The molecule has 37 heavy (non-hydrogen) atoms. The van der Waals surface area contributed by atoms with Crippen LogP contribution in [0.15, 0.2) is 42.6 Å². The molecule has 194 valence electrons. The average molecular weight is 515 g/mol. The van der Waals surface area contributed by atoms with Crippen molar-refractivity contribution in [3.05, 3.63) is 71.1 Å². The molecule has 0 radical (unpaired) electrons. The highest BCUT2D eigenvalue weighted by molar-refractivity contribution is 5.96. The summed E-state index contributed by atoms with van der Waals surface area (Å²) in [5.41, 5.74) is 0.820. The standard InChI is InChI=1S/C24H25F3N8O2/c1-15-12-20(32-31-15)29-21-19-13-16(22(36)28-6-7-34-8-10-37-11-9-34)14-35(19)33-23(30-21)24(26,27)17-2-4-18(25)5-3-17/h2-5,12-14H,6-11H2,1H3,(H,28,36)(H2,29,30,31,32,33). The van der Waals surface area contributed by atoms with Crippen LogP contribution in [0.2, 0.25) is 0 Å². The minimum absolute atomic E-state index is 0.0330. The van der Waals surface area contributed by atoms with Gasteiger partial charge in [-0.3, -0.25) is 14.8 Å². The van der Waals surface area contributed by atoms with Crippen LogP contribution in [-0.4, -0.2) is 75.0 Å². The van der Waals surface area contributed by atoms with Gasteiger partial charge in [0.1, 0.15) is 11.3 Å². The molecule has 1 aromatic carbocycles. The van der Waals surface area contributed by atoms with Crippen LogP contribution >= 0.6 is 0 Å². The first-order chi connectivity index (χ1) is 17.8. The molecule has 1 saturated heterocycles. The number of halogens is 3. The SMILES string of the molecule is Cc1cc(Nc2nc(C(F)(F)c3ccc(F)cc3)nn3cc(C(=O)NCCN4CCOCC4)cc23)n[nH]1. The van der Waals surface area contributed by atoms with Gasteiger partial charge in [0.05, 0.1) is 18.8 Å². The highest BCUT2D eigenvalue weighted by Crippen LogP contribution is 2.35. The van der Waals surface area contributed by atoms with E-state index in [0.717, 1.165) is 43.0 Å². The molecule has 4 aromatic rings. The number of alkyl halides is 2. The number of ether oxygens (including phenoxy) is 1. The van der Waals surface area contributed by atoms with Gasteiger partial charge in [0, 0.05) is 49.7 Å². The van der Waals surface area contributed by atoms with Crippen molar-refractivity contribution >= 4 is 23.1 Å². The zero-order chi connectivity index (χ0) is 26.0. The molecule has 0 atom stereocenters. The predicted octanol–water partition coefficient (Wildman–Crippen LogP) is 2.85. The van der Waals surface area contributed by atoms with Crippen molar-refractivity contribution in [1.29, 1.82) is 0 Å². The molecule has 13 heteroatoms. The lowest BCUT2D eigenvalue weighted by atomic mass is 10.1. The van der Waals surface area contributed by atoms with Crippen molar-refractivity contribution in [3.8, 4) is 0 Å². The van der Waals surface area contributed by atoms with Crippen LogP contribution in [0.5, 0.6) is 0 Å². The average Bonchev–Trinajstić information content (AvgIpc) is 3.51. The lowest BCUT2D eigenvalue weighted by Crippen LogP contribution is -2.41. The lowest BCUT2D eigenvalue weighted by molar-refractivity contribution is 0.0315. The number of carbonyl (C=O) groups excluding carboxylic acids is 1. The summed E-state index contributed by atoms with van der Waals surface area (Å²) in [5.74, 6) is -5.08. The Morgan fingerprint density at radius 1 is 1.19 bits per heavy atom. The number of hydrogen-bond acceptors (Lipinski definition) is 7. The Labute approximate surface area is 209 Å². The van der Waals surface area contributed by atoms with Crippen LogP contribution in [0.4, 0.5) is 24.8 Å². The van der Waals surface area contributed by atoms with Crippen molar-refractivity contribution in [2.45, 2.75) is 12.8 Å². The van der Waals surface area contributed by atoms with Crippen LogP contribution in [0.3, 0.4) is 0 Å². The first-order valence-electron chi connectivity index (χ1n) is 11.7.